The molecule has 0 atom stereocenters. The SMILES string of the molecule is CC(C)c1nc(-c2cnccn2)sc1C#N. The summed E-state index contributed by atoms with van der Waals surface area (Å²) in [5, 5.41) is 9.77. The highest BCUT2D eigenvalue weighted by Gasteiger charge is 2.15. The van der Waals surface area contributed by atoms with Crippen molar-refractivity contribution in [1.82, 2.24) is 15.0 Å². The van der Waals surface area contributed by atoms with Crippen molar-refractivity contribution in [3.05, 3.63) is 29.2 Å². The molecule has 0 spiro atoms. The van der Waals surface area contributed by atoms with Crippen molar-refractivity contribution in [2.24, 2.45) is 0 Å². The molecule has 0 aliphatic rings. The van der Waals surface area contributed by atoms with Crippen LogP contribution < -0.4 is 0 Å². The van der Waals surface area contributed by atoms with Crippen LogP contribution in [0, 0.1) is 11.3 Å². The van der Waals surface area contributed by atoms with E-state index >= 15 is 0 Å². The van der Waals surface area contributed by atoms with Crippen molar-refractivity contribution >= 4 is 11.3 Å². The predicted octanol–water partition coefficient (Wildman–Crippen LogP) is 2.60. The maximum atomic E-state index is 9.01. The van der Waals surface area contributed by atoms with Gasteiger partial charge in [0.1, 0.15) is 21.6 Å². The van der Waals surface area contributed by atoms with Gasteiger partial charge in [-0.05, 0) is 5.92 Å². The summed E-state index contributed by atoms with van der Waals surface area (Å²) in [7, 11) is 0. The molecule has 16 heavy (non-hydrogen) atoms. The van der Waals surface area contributed by atoms with Crippen LogP contribution in [0.3, 0.4) is 0 Å². The van der Waals surface area contributed by atoms with Crippen LogP contribution in [-0.4, -0.2) is 15.0 Å². The van der Waals surface area contributed by atoms with E-state index in [2.05, 4.69) is 21.0 Å². The van der Waals surface area contributed by atoms with E-state index in [1.54, 1.807) is 18.6 Å². The van der Waals surface area contributed by atoms with E-state index in [4.69, 9.17) is 5.26 Å². The molecule has 0 aliphatic carbocycles. The van der Waals surface area contributed by atoms with Gasteiger partial charge in [0.25, 0.3) is 0 Å². The molecule has 0 saturated carbocycles. The Hall–Kier alpha value is -1.80. The van der Waals surface area contributed by atoms with Crippen molar-refractivity contribution in [3.8, 4) is 16.8 Å². The maximum absolute atomic E-state index is 9.01. The first-order valence-corrected chi connectivity index (χ1v) is 5.71. The monoisotopic (exact) mass is 230 g/mol. The first-order valence-electron chi connectivity index (χ1n) is 4.89. The molecular formula is C11H10N4S. The van der Waals surface area contributed by atoms with Gasteiger partial charge in [0.2, 0.25) is 0 Å². The molecule has 0 aliphatic heterocycles. The van der Waals surface area contributed by atoms with Gasteiger partial charge < -0.3 is 0 Å². The fraction of sp³-hybridized carbons (Fsp3) is 0.273. The zero-order chi connectivity index (χ0) is 11.5. The van der Waals surface area contributed by atoms with Crippen molar-refractivity contribution < 1.29 is 0 Å². The third-order valence-corrected chi connectivity index (χ3v) is 3.08. The Balaban J connectivity index is 2.49. The molecule has 0 radical (unpaired) electrons. The van der Waals surface area contributed by atoms with E-state index in [0.717, 1.165) is 16.4 Å². The summed E-state index contributed by atoms with van der Waals surface area (Å²) < 4.78 is 0. The van der Waals surface area contributed by atoms with E-state index < -0.39 is 0 Å². The van der Waals surface area contributed by atoms with Gasteiger partial charge in [0, 0.05) is 12.4 Å². The Kier molecular flexibility index (Phi) is 2.93. The number of nitrogens with zero attached hydrogens (tertiary/aromatic N) is 4. The summed E-state index contributed by atoms with van der Waals surface area (Å²) in [5.41, 5.74) is 1.56. The second-order valence-corrected chi connectivity index (χ2v) is 4.59. The Bertz CT molecular complexity index is 525. The Labute approximate surface area is 97.6 Å². The zero-order valence-electron chi connectivity index (χ0n) is 9.01. The molecule has 0 saturated heterocycles. The number of hydrogen-bond acceptors (Lipinski definition) is 5. The molecule has 0 N–H and O–H groups in total. The Morgan fingerprint density at radius 3 is 2.69 bits per heavy atom. The largest absolute Gasteiger partial charge is 0.261 e. The molecule has 2 aromatic rings. The van der Waals surface area contributed by atoms with Crippen LogP contribution >= 0.6 is 11.3 Å². The van der Waals surface area contributed by atoms with Gasteiger partial charge in [-0.15, -0.1) is 11.3 Å². The first kappa shape index (κ1) is 10.7. The topological polar surface area (TPSA) is 62.5 Å². The van der Waals surface area contributed by atoms with Crippen LogP contribution in [0.5, 0.6) is 0 Å². The maximum Gasteiger partial charge on any atom is 0.145 e. The lowest BCUT2D eigenvalue weighted by Crippen LogP contribution is -1.91. The number of aromatic nitrogens is 3. The molecule has 0 amide bonds. The highest BCUT2D eigenvalue weighted by atomic mass is 32.1. The minimum absolute atomic E-state index is 0.247. The van der Waals surface area contributed by atoms with Crippen molar-refractivity contribution in [1.29, 1.82) is 5.26 Å². The van der Waals surface area contributed by atoms with E-state index in [1.165, 1.54) is 11.3 Å². The number of hydrogen-bond donors (Lipinski definition) is 0. The van der Waals surface area contributed by atoms with E-state index in [9.17, 15) is 0 Å². The molecule has 0 unspecified atom stereocenters. The summed E-state index contributed by atoms with van der Waals surface area (Å²) in [5.74, 6) is 0.247. The summed E-state index contributed by atoms with van der Waals surface area (Å²) in [6.07, 6.45) is 4.90. The average molecular weight is 230 g/mol. The average Bonchev–Trinajstić information content (AvgIpc) is 2.74. The highest BCUT2D eigenvalue weighted by molar-refractivity contribution is 7.15. The number of rotatable bonds is 2. The van der Waals surface area contributed by atoms with Crippen LogP contribution in [0.2, 0.25) is 0 Å². The zero-order valence-corrected chi connectivity index (χ0v) is 9.82. The predicted molar refractivity (Wildman–Crippen MR) is 61.9 cm³/mol. The molecule has 2 rings (SSSR count). The molecule has 0 aromatic carbocycles. The van der Waals surface area contributed by atoms with Gasteiger partial charge in [-0.3, -0.25) is 9.97 Å². The van der Waals surface area contributed by atoms with Gasteiger partial charge in [0.15, 0.2) is 0 Å². The summed E-state index contributed by atoms with van der Waals surface area (Å²) >= 11 is 1.37. The highest BCUT2D eigenvalue weighted by Crippen LogP contribution is 2.29. The fourth-order valence-corrected chi connectivity index (χ4v) is 2.30. The summed E-state index contributed by atoms with van der Waals surface area (Å²) in [4.78, 5) is 13.3. The molecule has 2 aromatic heterocycles. The molecule has 2 heterocycles. The Morgan fingerprint density at radius 1 is 1.38 bits per heavy atom. The van der Waals surface area contributed by atoms with Gasteiger partial charge in [-0.25, -0.2) is 4.98 Å². The lowest BCUT2D eigenvalue weighted by atomic mass is 10.1. The van der Waals surface area contributed by atoms with Crippen LogP contribution in [-0.2, 0) is 0 Å². The Morgan fingerprint density at radius 2 is 2.19 bits per heavy atom. The molecular weight excluding hydrogens is 220 g/mol. The molecule has 0 bridgehead atoms. The summed E-state index contributed by atoms with van der Waals surface area (Å²) in [6, 6.07) is 2.17. The van der Waals surface area contributed by atoms with E-state index in [1.807, 2.05) is 13.8 Å². The third-order valence-electron chi connectivity index (χ3n) is 2.08. The standard InChI is InChI=1S/C11H10N4S/c1-7(2)10-9(5-12)16-11(15-10)8-6-13-3-4-14-8/h3-4,6-7H,1-2H3. The second kappa shape index (κ2) is 4.37. The summed E-state index contributed by atoms with van der Waals surface area (Å²) in [6.45, 7) is 4.05. The minimum Gasteiger partial charge on any atom is -0.261 e. The smallest absolute Gasteiger partial charge is 0.145 e. The van der Waals surface area contributed by atoms with Crippen LogP contribution in [0.25, 0.3) is 10.7 Å². The quantitative estimate of drug-likeness (QED) is 0.795. The normalized spacial score (nSPS) is 10.4. The van der Waals surface area contributed by atoms with Crippen LogP contribution in [0.15, 0.2) is 18.6 Å². The second-order valence-electron chi connectivity index (χ2n) is 3.59. The van der Waals surface area contributed by atoms with E-state index in [-0.39, 0.29) is 5.92 Å². The fourth-order valence-electron chi connectivity index (χ4n) is 1.32. The number of nitriles is 1. The van der Waals surface area contributed by atoms with Crippen LogP contribution in [0.4, 0.5) is 0 Å². The van der Waals surface area contributed by atoms with E-state index in [0.29, 0.717) is 4.88 Å². The molecule has 80 valence electrons. The minimum atomic E-state index is 0.247. The van der Waals surface area contributed by atoms with Gasteiger partial charge in [-0.1, -0.05) is 13.8 Å². The molecule has 0 fully saturated rings. The van der Waals surface area contributed by atoms with Gasteiger partial charge in [0.05, 0.1) is 11.9 Å². The van der Waals surface area contributed by atoms with Crippen molar-refractivity contribution in [3.63, 3.8) is 0 Å². The molecule has 5 heteroatoms. The molecule has 4 nitrogen and oxygen atoms in total. The van der Waals surface area contributed by atoms with Crippen LogP contribution in [0.1, 0.15) is 30.3 Å². The lowest BCUT2D eigenvalue weighted by molar-refractivity contribution is 0.830. The third kappa shape index (κ3) is 1.92. The lowest BCUT2D eigenvalue weighted by Gasteiger charge is -1.98. The first-order chi connectivity index (χ1) is 7.72. The van der Waals surface area contributed by atoms with Gasteiger partial charge >= 0.3 is 0 Å². The van der Waals surface area contributed by atoms with Crippen molar-refractivity contribution in [2.45, 2.75) is 19.8 Å². The van der Waals surface area contributed by atoms with Gasteiger partial charge in [-0.2, -0.15) is 5.26 Å². The number of thiazole rings is 1. The van der Waals surface area contributed by atoms with Crippen molar-refractivity contribution in [2.75, 3.05) is 0 Å².